The van der Waals surface area contributed by atoms with E-state index in [0.717, 1.165) is 12.8 Å². The second-order valence-electron chi connectivity index (χ2n) is 4.69. The number of amides is 1. The lowest BCUT2D eigenvalue weighted by Crippen LogP contribution is -2.42. The quantitative estimate of drug-likeness (QED) is 0.785. The fraction of sp³-hybridized carbons (Fsp3) is 0.917. The highest BCUT2D eigenvalue weighted by molar-refractivity contribution is 9.09. The van der Waals surface area contributed by atoms with Crippen molar-refractivity contribution in [1.29, 1.82) is 0 Å². The Morgan fingerprint density at radius 1 is 1.47 bits per heavy atom. The molecular weight excluding hydrogens is 254 g/mol. The molecule has 0 aromatic rings. The van der Waals surface area contributed by atoms with Crippen LogP contribution in [0.2, 0.25) is 0 Å². The van der Waals surface area contributed by atoms with Crippen LogP contribution in [0.5, 0.6) is 0 Å². The molecule has 3 atom stereocenters. The van der Waals surface area contributed by atoms with Gasteiger partial charge in [0, 0.05) is 17.3 Å². The van der Waals surface area contributed by atoms with Crippen LogP contribution in [-0.4, -0.2) is 16.8 Å². The Bertz CT molecular complexity index is 208. The number of alkyl halides is 1. The van der Waals surface area contributed by atoms with Crippen molar-refractivity contribution >= 4 is 21.8 Å². The minimum atomic E-state index is 0.223. The zero-order valence-corrected chi connectivity index (χ0v) is 11.3. The van der Waals surface area contributed by atoms with Gasteiger partial charge in [0.25, 0.3) is 0 Å². The molecule has 15 heavy (non-hydrogen) atoms. The SMILES string of the molecule is CCC(C)CC(=O)NC1CCCCC1Br. The van der Waals surface area contributed by atoms with Crippen LogP contribution in [0.25, 0.3) is 0 Å². The van der Waals surface area contributed by atoms with Crippen molar-refractivity contribution in [3.8, 4) is 0 Å². The van der Waals surface area contributed by atoms with Gasteiger partial charge in [-0.25, -0.2) is 0 Å². The van der Waals surface area contributed by atoms with Crippen LogP contribution in [0, 0.1) is 5.92 Å². The zero-order chi connectivity index (χ0) is 11.3. The number of rotatable bonds is 4. The first-order valence-corrected chi connectivity index (χ1v) is 6.98. The molecule has 0 aromatic carbocycles. The van der Waals surface area contributed by atoms with Crippen molar-refractivity contribution in [1.82, 2.24) is 5.32 Å². The van der Waals surface area contributed by atoms with Gasteiger partial charge in [-0.1, -0.05) is 49.0 Å². The summed E-state index contributed by atoms with van der Waals surface area (Å²) in [6.45, 7) is 4.26. The van der Waals surface area contributed by atoms with Crippen LogP contribution >= 0.6 is 15.9 Å². The fourth-order valence-corrected chi connectivity index (χ4v) is 2.69. The van der Waals surface area contributed by atoms with Gasteiger partial charge >= 0.3 is 0 Å². The summed E-state index contributed by atoms with van der Waals surface area (Å²) in [6.07, 6.45) is 6.60. The Balaban J connectivity index is 2.29. The van der Waals surface area contributed by atoms with E-state index in [0.29, 0.717) is 23.2 Å². The van der Waals surface area contributed by atoms with Gasteiger partial charge in [0.15, 0.2) is 0 Å². The molecule has 1 amide bonds. The molecule has 0 heterocycles. The Hall–Kier alpha value is -0.0500. The van der Waals surface area contributed by atoms with Crippen LogP contribution in [0.4, 0.5) is 0 Å². The lowest BCUT2D eigenvalue weighted by molar-refractivity contribution is -0.122. The van der Waals surface area contributed by atoms with Crippen molar-refractivity contribution in [3.05, 3.63) is 0 Å². The molecule has 0 spiro atoms. The number of hydrogen-bond donors (Lipinski definition) is 1. The highest BCUT2D eigenvalue weighted by Crippen LogP contribution is 2.24. The molecule has 1 aliphatic carbocycles. The van der Waals surface area contributed by atoms with E-state index in [1.54, 1.807) is 0 Å². The summed E-state index contributed by atoms with van der Waals surface area (Å²) in [5.74, 6) is 0.725. The van der Waals surface area contributed by atoms with Crippen molar-refractivity contribution < 1.29 is 4.79 Å². The van der Waals surface area contributed by atoms with Crippen LogP contribution in [-0.2, 0) is 4.79 Å². The number of carbonyl (C=O) groups is 1. The first-order chi connectivity index (χ1) is 7.13. The van der Waals surface area contributed by atoms with Crippen LogP contribution < -0.4 is 5.32 Å². The van der Waals surface area contributed by atoms with E-state index in [4.69, 9.17) is 0 Å². The summed E-state index contributed by atoms with van der Waals surface area (Å²) >= 11 is 3.65. The molecule has 3 heteroatoms. The molecule has 0 saturated heterocycles. The molecule has 0 radical (unpaired) electrons. The molecule has 1 aliphatic rings. The van der Waals surface area contributed by atoms with Crippen molar-refractivity contribution in [3.63, 3.8) is 0 Å². The van der Waals surface area contributed by atoms with Gasteiger partial charge in [-0.15, -0.1) is 0 Å². The van der Waals surface area contributed by atoms with Gasteiger partial charge in [-0.2, -0.15) is 0 Å². The maximum absolute atomic E-state index is 11.7. The summed E-state index contributed by atoms with van der Waals surface area (Å²) in [6, 6.07) is 0.357. The Morgan fingerprint density at radius 3 is 2.73 bits per heavy atom. The van der Waals surface area contributed by atoms with Crippen LogP contribution in [0.15, 0.2) is 0 Å². The molecule has 0 aliphatic heterocycles. The minimum absolute atomic E-state index is 0.223. The predicted octanol–water partition coefficient (Wildman–Crippen LogP) is 3.24. The third-order valence-corrected chi connectivity index (χ3v) is 4.35. The molecule has 1 N–H and O–H groups in total. The Morgan fingerprint density at radius 2 is 2.13 bits per heavy atom. The molecule has 0 bridgehead atoms. The van der Waals surface area contributed by atoms with Gasteiger partial charge in [0.1, 0.15) is 0 Å². The lowest BCUT2D eigenvalue weighted by Gasteiger charge is -2.28. The third-order valence-electron chi connectivity index (χ3n) is 3.26. The standard InChI is InChI=1S/C12H22BrNO/c1-3-9(2)8-12(15)14-11-7-5-4-6-10(11)13/h9-11H,3-8H2,1-2H3,(H,14,15). The monoisotopic (exact) mass is 275 g/mol. The molecule has 1 fully saturated rings. The van der Waals surface area contributed by atoms with Crippen LogP contribution in [0.1, 0.15) is 52.4 Å². The first kappa shape index (κ1) is 13.0. The van der Waals surface area contributed by atoms with Crippen molar-refractivity contribution in [2.24, 2.45) is 5.92 Å². The maximum Gasteiger partial charge on any atom is 0.220 e. The first-order valence-electron chi connectivity index (χ1n) is 6.07. The average Bonchev–Trinajstić information content (AvgIpc) is 2.21. The zero-order valence-electron chi connectivity index (χ0n) is 9.76. The molecule has 3 unspecified atom stereocenters. The van der Waals surface area contributed by atoms with Gasteiger partial charge in [0.05, 0.1) is 0 Å². The van der Waals surface area contributed by atoms with E-state index in [1.165, 1.54) is 19.3 Å². The molecule has 1 rings (SSSR count). The Kier molecular flexibility index (Phi) is 5.65. The Labute approximate surface area is 101 Å². The van der Waals surface area contributed by atoms with Crippen molar-refractivity contribution in [2.75, 3.05) is 0 Å². The summed E-state index contributed by atoms with van der Waals surface area (Å²) in [5.41, 5.74) is 0. The van der Waals surface area contributed by atoms with E-state index >= 15 is 0 Å². The number of hydrogen-bond acceptors (Lipinski definition) is 1. The smallest absolute Gasteiger partial charge is 0.220 e. The molecule has 2 nitrogen and oxygen atoms in total. The largest absolute Gasteiger partial charge is 0.352 e. The summed E-state index contributed by atoms with van der Waals surface area (Å²) < 4.78 is 0. The minimum Gasteiger partial charge on any atom is -0.352 e. The van der Waals surface area contributed by atoms with Gasteiger partial charge < -0.3 is 5.32 Å². The number of carbonyl (C=O) groups excluding carboxylic acids is 1. The van der Waals surface area contributed by atoms with E-state index in [9.17, 15) is 4.79 Å². The third kappa shape index (κ3) is 4.54. The summed E-state index contributed by atoms with van der Waals surface area (Å²) in [4.78, 5) is 12.2. The maximum atomic E-state index is 11.7. The van der Waals surface area contributed by atoms with E-state index in [1.807, 2.05) is 0 Å². The second-order valence-corrected chi connectivity index (χ2v) is 5.87. The molecular formula is C12H22BrNO. The van der Waals surface area contributed by atoms with Gasteiger partial charge in [0.2, 0.25) is 5.91 Å². The highest BCUT2D eigenvalue weighted by Gasteiger charge is 2.24. The summed E-state index contributed by atoms with van der Waals surface area (Å²) in [5, 5.41) is 3.15. The predicted molar refractivity (Wildman–Crippen MR) is 67.2 cm³/mol. The van der Waals surface area contributed by atoms with E-state index in [-0.39, 0.29) is 5.91 Å². The van der Waals surface area contributed by atoms with Crippen molar-refractivity contribution in [2.45, 2.75) is 63.2 Å². The normalized spacial score (nSPS) is 28.5. The molecule has 1 saturated carbocycles. The van der Waals surface area contributed by atoms with E-state index in [2.05, 4.69) is 35.1 Å². The van der Waals surface area contributed by atoms with E-state index < -0.39 is 0 Å². The van der Waals surface area contributed by atoms with Crippen LogP contribution in [0.3, 0.4) is 0 Å². The molecule has 88 valence electrons. The molecule has 0 aromatic heterocycles. The second kappa shape index (κ2) is 6.51. The highest BCUT2D eigenvalue weighted by atomic mass is 79.9. The van der Waals surface area contributed by atoms with Gasteiger partial charge in [-0.05, 0) is 18.8 Å². The number of halogens is 1. The average molecular weight is 276 g/mol. The van der Waals surface area contributed by atoms with Gasteiger partial charge in [-0.3, -0.25) is 4.79 Å². The topological polar surface area (TPSA) is 29.1 Å². The number of nitrogens with one attached hydrogen (secondary N) is 1. The lowest BCUT2D eigenvalue weighted by atomic mass is 9.95. The fourth-order valence-electron chi connectivity index (χ4n) is 1.97. The summed E-state index contributed by atoms with van der Waals surface area (Å²) in [7, 11) is 0.